The molecular formula is C14H17N5O2. The predicted octanol–water partition coefficient (Wildman–Crippen LogP) is 0.386. The standard InChI is InChI=1S/C14H17N5O2/c1-2-16-12(20)8-18-14(21)11-7-17-13(19-15)10-6-4-3-5-9(10)11/h3-7H,2,8,15H2,1H3,(H,16,20)(H,17,19)(H,18,21). The minimum absolute atomic E-state index is 0.0715. The number of hydrogen-bond donors (Lipinski definition) is 4. The van der Waals surface area contributed by atoms with Gasteiger partial charge in [0.2, 0.25) is 5.91 Å². The van der Waals surface area contributed by atoms with Gasteiger partial charge in [0.1, 0.15) is 5.82 Å². The summed E-state index contributed by atoms with van der Waals surface area (Å²) in [7, 11) is 0. The Kier molecular flexibility index (Phi) is 4.68. The number of nitrogens with two attached hydrogens (primary N) is 1. The number of pyridine rings is 1. The molecule has 0 spiro atoms. The minimum Gasteiger partial charge on any atom is -0.355 e. The van der Waals surface area contributed by atoms with Crippen LogP contribution in [0.15, 0.2) is 30.5 Å². The first-order valence-corrected chi connectivity index (χ1v) is 6.56. The summed E-state index contributed by atoms with van der Waals surface area (Å²) >= 11 is 0. The highest BCUT2D eigenvalue weighted by atomic mass is 16.2. The fourth-order valence-electron chi connectivity index (χ4n) is 2.00. The van der Waals surface area contributed by atoms with Crippen LogP contribution in [-0.2, 0) is 4.79 Å². The van der Waals surface area contributed by atoms with Crippen molar-refractivity contribution in [3.05, 3.63) is 36.0 Å². The van der Waals surface area contributed by atoms with Crippen molar-refractivity contribution in [2.45, 2.75) is 6.92 Å². The Hall–Kier alpha value is -2.67. The first-order valence-electron chi connectivity index (χ1n) is 6.56. The first kappa shape index (κ1) is 14.7. The second-order valence-electron chi connectivity index (χ2n) is 4.35. The van der Waals surface area contributed by atoms with Gasteiger partial charge >= 0.3 is 0 Å². The largest absolute Gasteiger partial charge is 0.355 e. The highest BCUT2D eigenvalue weighted by molar-refractivity contribution is 6.09. The van der Waals surface area contributed by atoms with E-state index in [-0.39, 0.29) is 18.4 Å². The number of anilines is 1. The van der Waals surface area contributed by atoms with Gasteiger partial charge in [-0.05, 0) is 12.3 Å². The Bertz CT molecular complexity index is 671. The Morgan fingerprint density at radius 3 is 2.57 bits per heavy atom. The molecule has 0 aliphatic heterocycles. The van der Waals surface area contributed by atoms with Gasteiger partial charge in [0.05, 0.1) is 12.1 Å². The van der Waals surface area contributed by atoms with Crippen LogP contribution in [-0.4, -0.2) is 29.9 Å². The smallest absolute Gasteiger partial charge is 0.253 e. The number of hydrogen-bond acceptors (Lipinski definition) is 5. The van der Waals surface area contributed by atoms with Crippen molar-refractivity contribution < 1.29 is 9.59 Å². The van der Waals surface area contributed by atoms with Gasteiger partial charge in [-0.25, -0.2) is 10.8 Å². The number of hydrazine groups is 1. The summed E-state index contributed by atoms with van der Waals surface area (Å²) in [6.07, 6.45) is 1.44. The maximum atomic E-state index is 12.2. The lowest BCUT2D eigenvalue weighted by Gasteiger charge is -2.10. The highest BCUT2D eigenvalue weighted by Gasteiger charge is 2.13. The number of nitrogens with one attached hydrogen (secondary N) is 3. The molecule has 0 saturated carbocycles. The van der Waals surface area contributed by atoms with Crippen LogP contribution in [0.3, 0.4) is 0 Å². The van der Waals surface area contributed by atoms with E-state index in [1.165, 1.54) is 6.20 Å². The number of amides is 2. The van der Waals surface area contributed by atoms with Gasteiger partial charge in [-0.1, -0.05) is 24.3 Å². The van der Waals surface area contributed by atoms with E-state index in [9.17, 15) is 9.59 Å². The van der Waals surface area contributed by atoms with E-state index < -0.39 is 0 Å². The van der Waals surface area contributed by atoms with E-state index in [2.05, 4.69) is 21.0 Å². The third-order valence-corrected chi connectivity index (χ3v) is 2.96. The summed E-state index contributed by atoms with van der Waals surface area (Å²) in [5, 5.41) is 6.64. The van der Waals surface area contributed by atoms with Crippen LogP contribution in [0.5, 0.6) is 0 Å². The SMILES string of the molecule is CCNC(=O)CNC(=O)c1cnc(NN)c2ccccc12. The molecule has 2 amide bonds. The lowest BCUT2D eigenvalue weighted by Crippen LogP contribution is -2.36. The molecule has 1 heterocycles. The molecule has 5 N–H and O–H groups in total. The van der Waals surface area contributed by atoms with Crippen LogP contribution in [0.4, 0.5) is 5.82 Å². The number of carbonyl (C=O) groups is 2. The zero-order valence-electron chi connectivity index (χ0n) is 11.6. The summed E-state index contributed by atoms with van der Waals surface area (Å²) in [5.41, 5.74) is 2.89. The van der Waals surface area contributed by atoms with Crippen LogP contribution in [0.1, 0.15) is 17.3 Å². The molecule has 1 aromatic carbocycles. The number of benzene rings is 1. The monoisotopic (exact) mass is 287 g/mol. The summed E-state index contributed by atoms with van der Waals surface area (Å²) < 4.78 is 0. The molecule has 7 heteroatoms. The highest BCUT2D eigenvalue weighted by Crippen LogP contribution is 2.23. The molecule has 1 aromatic heterocycles. The van der Waals surface area contributed by atoms with Gasteiger partial charge in [-0.3, -0.25) is 9.59 Å². The Morgan fingerprint density at radius 1 is 1.19 bits per heavy atom. The molecule has 0 radical (unpaired) electrons. The van der Waals surface area contributed by atoms with Gasteiger partial charge in [0.25, 0.3) is 5.91 Å². The zero-order valence-corrected chi connectivity index (χ0v) is 11.6. The lowest BCUT2D eigenvalue weighted by atomic mass is 10.1. The molecule has 0 aliphatic rings. The van der Waals surface area contributed by atoms with Crippen molar-refractivity contribution in [1.29, 1.82) is 0 Å². The molecule has 0 aliphatic carbocycles. The number of likely N-dealkylation sites (N-methyl/N-ethyl adjacent to an activating group) is 1. The summed E-state index contributed by atoms with van der Waals surface area (Å²) in [5.74, 6) is 5.31. The van der Waals surface area contributed by atoms with Gasteiger partial charge in [0, 0.05) is 18.1 Å². The van der Waals surface area contributed by atoms with Crippen molar-refractivity contribution >= 4 is 28.4 Å². The van der Waals surface area contributed by atoms with Gasteiger partial charge in [-0.2, -0.15) is 0 Å². The average molecular weight is 287 g/mol. The molecule has 7 nitrogen and oxygen atoms in total. The van der Waals surface area contributed by atoms with Crippen LogP contribution >= 0.6 is 0 Å². The first-order chi connectivity index (χ1) is 10.2. The molecular weight excluding hydrogens is 270 g/mol. The average Bonchev–Trinajstić information content (AvgIpc) is 2.51. The van der Waals surface area contributed by atoms with Crippen molar-refractivity contribution in [3.8, 4) is 0 Å². The van der Waals surface area contributed by atoms with E-state index in [1.807, 2.05) is 25.1 Å². The van der Waals surface area contributed by atoms with Gasteiger partial charge in [0.15, 0.2) is 0 Å². The minimum atomic E-state index is -0.353. The summed E-state index contributed by atoms with van der Waals surface area (Å²) in [6, 6.07) is 7.28. The lowest BCUT2D eigenvalue weighted by molar-refractivity contribution is -0.120. The van der Waals surface area contributed by atoms with Crippen LogP contribution in [0.25, 0.3) is 10.8 Å². The quantitative estimate of drug-likeness (QED) is 0.470. The van der Waals surface area contributed by atoms with Crippen LogP contribution in [0.2, 0.25) is 0 Å². The maximum Gasteiger partial charge on any atom is 0.253 e. The van der Waals surface area contributed by atoms with Crippen LogP contribution < -0.4 is 21.9 Å². The van der Waals surface area contributed by atoms with E-state index >= 15 is 0 Å². The fourth-order valence-corrected chi connectivity index (χ4v) is 2.00. The van der Waals surface area contributed by atoms with Crippen molar-refractivity contribution in [1.82, 2.24) is 15.6 Å². The number of fused-ring (bicyclic) bond motifs is 1. The number of nitrogen functional groups attached to an aromatic ring is 1. The Morgan fingerprint density at radius 2 is 1.90 bits per heavy atom. The number of nitrogens with zero attached hydrogens (tertiary/aromatic N) is 1. The maximum absolute atomic E-state index is 12.2. The van der Waals surface area contributed by atoms with E-state index in [1.54, 1.807) is 6.07 Å². The molecule has 0 fully saturated rings. The van der Waals surface area contributed by atoms with Crippen LogP contribution in [0, 0.1) is 0 Å². The van der Waals surface area contributed by atoms with Crippen molar-refractivity contribution in [2.24, 2.45) is 5.84 Å². The van der Waals surface area contributed by atoms with Crippen molar-refractivity contribution in [3.63, 3.8) is 0 Å². The number of aromatic nitrogens is 1. The summed E-state index contributed by atoms with van der Waals surface area (Å²) in [6.45, 7) is 2.27. The normalized spacial score (nSPS) is 10.2. The molecule has 2 rings (SSSR count). The molecule has 0 bridgehead atoms. The zero-order chi connectivity index (χ0) is 15.2. The summed E-state index contributed by atoms with van der Waals surface area (Å²) in [4.78, 5) is 27.7. The third-order valence-electron chi connectivity index (χ3n) is 2.96. The molecule has 0 saturated heterocycles. The second-order valence-corrected chi connectivity index (χ2v) is 4.35. The van der Waals surface area contributed by atoms with E-state index in [4.69, 9.17) is 5.84 Å². The second kappa shape index (κ2) is 6.67. The molecule has 110 valence electrons. The Balaban J connectivity index is 2.26. The molecule has 0 atom stereocenters. The number of carbonyl (C=O) groups excluding carboxylic acids is 2. The van der Waals surface area contributed by atoms with E-state index in [0.29, 0.717) is 23.3 Å². The molecule has 21 heavy (non-hydrogen) atoms. The van der Waals surface area contributed by atoms with Crippen molar-refractivity contribution in [2.75, 3.05) is 18.5 Å². The predicted molar refractivity (Wildman–Crippen MR) is 80.6 cm³/mol. The van der Waals surface area contributed by atoms with Gasteiger partial charge < -0.3 is 16.1 Å². The topological polar surface area (TPSA) is 109 Å². The van der Waals surface area contributed by atoms with Gasteiger partial charge in [-0.15, -0.1) is 0 Å². The fraction of sp³-hybridized carbons (Fsp3) is 0.214. The van der Waals surface area contributed by atoms with E-state index in [0.717, 1.165) is 5.39 Å². The molecule has 2 aromatic rings. The third kappa shape index (κ3) is 3.26. The Labute approximate surface area is 121 Å². The molecule has 0 unspecified atom stereocenters. The number of rotatable bonds is 5.